The summed E-state index contributed by atoms with van der Waals surface area (Å²) in [5, 5.41) is 9.04. The third-order valence-corrected chi connectivity index (χ3v) is 2.09. The highest BCUT2D eigenvalue weighted by Crippen LogP contribution is 2.01. The molecule has 0 aromatic rings. The molecule has 5 heteroatoms. The van der Waals surface area contributed by atoms with Crippen LogP contribution in [0.4, 0.5) is 4.79 Å². The van der Waals surface area contributed by atoms with Crippen molar-refractivity contribution < 1.29 is 4.79 Å². The van der Waals surface area contributed by atoms with Gasteiger partial charge in [0.15, 0.2) is 0 Å². The molecule has 1 fully saturated rings. The lowest BCUT2D eigenvalue weighted by atomic mass is 10.1. The molecule has 0 aromatic carbocycles. The van der Waals surface area contributed by atoms with Gasteiger partial charge in [-0.05, 0) is 39.8 Å². The molecule has 0 atom stereocenters. The van der Waals surface area contributed by atoms with Crippen LogP contribution in [0.2, 0.25) is 0 Å². The highest BCUT2D eigenvalue weighted by atomic mass is 35.5. The van der Waals surface area contributed by atoms with Crippen LogP contribution >= 0.6 is 12.4 Å². The lowest BCUT2D eigenvalue weighted by molar-refractivity contribution is 0.231. The SMILES string of the molecule is CC(C)NC(=O)NC1CCNCC1.Cl. The van der Waals surface area contributed by atoms with Gasteiger partial charge in [0.2, 0.25) is 0 Å². The molecule has 4 nitrogen and oxygen atoms in total. The first kappa shape index (κ1) is 13.5. The molecule has 0 saturated carbocycles. The number of piperidine rings is 1. The highest BCUT2D eigenvalue weighted by molar-refractivity contribution is 5.85. The largest absolute Gasteiger partial charge is 0.336 e. The van der Waals surface area contributed by atoms with Crippen LogP contribution in [0, 0.1) is 0 Å². The second kappa shape index (κ2) is 6.90. The van der Waals surface area contributed by atoms with Crippen molar-refractivity contribution in [3.63, 3.8) is 0 Å². The summed E-state index contributed by atoms with van der Waals surface area (Å²) in [5.74, 6) is 0. The standard InChI is InChI=1S/C9H19N3O.ClH/c1-7(2)11-9(13)12-8-3-5-10-6-4-8;/h7-8,10H,3-6H2,1-2H3,(H2,11,12,13);1H. The molecule has 1 saturated heterocycles. The van der Waals surface area contributed by atoms with Crippen molar-refractivity contribution in [1.29, 1.82) is 0 Å². The van der Waals surface area contributed by atoms with Crippen molar-refractivity contribution in [3.8, 4) is 0 Å². The van der Waals surface area contributed by atoms with E-state index in [-0.39, 0.29) is 24.5 Å². The summed E-state index contributed by atoms with van der Waals surface area (Å²) in [6.07, 6.45) is 2.07. The lowest BCUT2D eigenvalue weighted by Crippen LogP contribution is -2.48. The molecular weight excluding hydrogens is 202 g/mol. The zero-order valence-electron chi connectivity index (χ0n) is 8.80. The summed E-state index contributed by atoms with van der Waals surface area (Å²) in [6.45, 7) is 5.93. The van der Waals surface area contributed by atoms with E-state index >= 15 is 0 Å². The molecule has 0 bridgehead atoms. The first-order valence-electron chi connectivity index (χ1n) is 4.96. The number of hydrogen-bond donors (Lipinski definition) is 3. The number of carbonyl (C=O) groups excluding carboxylic acids is 1. The maximum absolute atomic E-state index is 11.3. The maximum Gasteiger partial charge on any atom is 0.315 e. The number of halogens is 1. The summed E-state index contributed by atoms with van der Waals surface area (Å²) in [5.41, 5.74) is 0. The fourth-order valence-corrected chi connectivity index (χ4v) is 1.46. The Hall–Kier alpha value is -0.480. The fourth-order valence-electron chi connectivity index (χ4n) is 1.46. The molecule has 0 aromatic heterocycles. The molecule has 1 rings (SSSR count). The number of carbonyl (C=O) groups is 1. The van der Waals surface area contributed by atoms with Crippen LogP contribution < -0.4 is 16.0 Å². The van der Waals surface area contributed by atoms with Gasteiger partial charge >= 0.3 is 6.03 Å². The van der Waals surface area contributed by atoms with Gasteiger partial charge in [-0.3, -0.25) is 0 Å². The second-order valence-corrected chi connectivity index (χ2v) is 3.80. The minimum atomic E-state index is -0.0399. The number of rotatable bonds is 2. The smallest absolute Gasteiger partial charge is 0.315 e. The zero-order chi connectivity index (χ0) is 9.68. The maximum atomic E-state index is 11.3. The number of amides is 2. The van der Waals surface area contributed by atoms with Gasteiger partial charge in [0.25, 0.3) is 0 Å². The van der Waals surface area contributed by atoms with Crippen molar-refractivity contribution in [2.24, 2.45) is 0 Å². The Labute approximate surface area is 91.6 Å². The average Bonchev–Trinajstić information content (AvgIpc) is 2.04. The van der Waals surface area contributed by atoms with E-state index in [0.29, 0.717) is 6.04 Å². The van der Waals surface area contributed by atoms with Crippen LogP contribution in [0.3, 0.4) is 0 Å². The molecule has 3 N–H and O–H groups in total. The van der Waals surface area contributed by atoms with E-state index in [9.17, 15) is 4.79 Å². The van der Waals surface area contributed by atoms with Crippen molar-refractivity contribution in [2.75, 3.05) is 13.1 Å². The lowest BCUT2D eigenvalue weighted by Gasteiger charge is -2.24. The first-order chi connectivity index (χ1) is 6.18. The van der Waals surface area contributed by atoms with Gasteiger partial charge in [-0.2, -0.15) is 0 Å². The van der Waals surface area contributed by atoms with Crippen LogP contribution in [-0.4, -0.2) is 31.2 Å². The third kappa shape index (κ3) is 5.29. The third-order valence-electron chi connectivity index (χ3n) is 2.09. The quantitative estimate of drug-likeness (QED) is 0.648. The zero-order valence-corrected chi connectivity index (χ0v) is 9.62. The normalized spacial score (nSPS) is 17.4. The van der Waals surface area contributed by atoms with Crippen LogP contribution in [0.15, 0.2) is 0 Å². The van der Waals surface area contributed by atoms with E-state index in [4.69, 9.17) is 0 Å². The molecule has 2 amide bonds. The van der Waals surface area contributed by atoms with E-state index in [1.165, 1.54) is 0 Å². The van der Waals surface area contributed by atoms with Gasteiger partial charge in [-0.25, -0.2) is 4.79 Å². The Balaban J connectivity index is 0.00000169. The number of urea groups is 1. The molecule has 0 unspecified atom stereocenters. The van der Waals surface area contributed by atoms with Gasteiger partial charge in [0.05, 0.1) is 0 Å². The molecule has 84 valence electrons. The van der Waals surface area contributed by atoms with Crippen LogP contribution in [-0.2, 0) is 0 Å². The number of nitrogens with one attached hydrogen (secondary N) is 3. The van der Waals surface area contributed by atoms with Crippen molar-refractivity contribution in [3.05, 3.63) is 0 Å². The molecule has 14 heavy (non-hydrogen) atoms. The average molecular weight is 222 g/mol. The fraction of sp³-hybridized carbons (Fsp3) is 0.889. The Kier molecular flexibility index (Phi) is 6.66. The van der Waals surface area contributed by atoms with Gasteiger partial charge in [0, 0.05) is 12.1 Å². The minimum Gasteiger partial charge on any atom is -0.336 e. The van der Waals surface area contributed by atoms with Crippen molar-refractivity contribution in [1.82, 2.24) is 16.0 Å². The van der Waals surface area contributed by atoms with Crippen LogP contribution in [0.5, 0.6) is 0 Å². The van der Waals surface area contributed by atoms with Gasteiger partial charge in [0.1, 0.15) is 0 Å². The Morgan fingerprint density at radius 1 is 1.36 bits per heavy atom. The Bertz CT molecular complexity index is 169. The van der Waals surface area contributed by atoms with Crippen LogP contribution in [0.1, 0.15) is 26.7 Å². The first-order valence-corrected chi connectivity index (χ1v) is 4.96. The Morgan fingerprint density at radius 2 is 1.93 bits per heavy atom. The number of hydrogen-bond acceptors (Lipinski definition) is 2. The summed E-state index contributed by atoms with van der Waals surface area (Å²) >= 11 is 0. The summed E-state index contributed by atoms with van der Waals surface area (Å²) < 4.78 is 0. The van der Waals surface area contributed by atoms with E-state index in [1.807, 2.05) is 13.8 Å². The second-order valence-electron chi connectivity index (χ2n) is 3.80. The Morgan fingerprint density at radius 3 is 2.43 bits per heavy atom. The topological polar surface area (TPSA) is 53.2 Å². The molecule has 0 radical (unpaired) electrons. The summed E-state index contributed by atoms with van der Waals surface area (Å²) in [6, 6.07) is 0.517. The molecule has 0 aliphatic carbocycles. The summed E-state index contributed by atoms with van der Waals surface area (Å²) in [4.78, 5) is 11.3. The van der Waals surface area contributed by atoms with E-state index in [1.54, 1.807) is 0 Å². The molecule has 1 aliphatic rings. The minimum absolute atomic E-state index is 0. The monoisotopic (exact) mass is 221 g/mol. The van der Waals surface area contributed by atoms with Gasteiger partial charge in [-0.1, -0.05) is 0 Å². The van der Waals surface area contributed by atoms with Crippen molar-refractivity contribution >= 4 is 18.4 Å². The van der Waals surface area contributed by atoms with E-state index in [0.717, 1.165) is 25.9 Å². The predicted octanol–water partition coefficient (Wildman–Crippen LogP) is 0.868. The molecule has 0 spiro atoms. The predicted molar refractivity (Wildman–Crippen MR) is 59.9 cm³/mol. The van der Waals surface area contributed by atoms with E-state index < -0.39 is 0 Å². The van der Waals surface area contributed by atoms with Crippen LogP contribution in [0.25, 0.3) is 0 Å². The molecule has 1 aliphatic heterocycles. The van der Waals surface area contributed by atoms with Crippen molar-refractivity contribution in [2.45, 2.75) is 38.8 Å². The highest BCUT2D eigenvalue weighted by Gasteiger charge is 2.14. The summed E-state index contributed by atoms with van der Waals surface area (Å²) in [7, 11) is 0. The van der Waals surface area contributed by atoms with Gasteiger partial charge in [-0.15, -0.1) is 12.4 Å². The van der Waals surface area contributed by atoms with E-state index in [2.05, 4.69) is 16.0 Å². The molecule has 1 heterocycles. The van der Waals surface area contributed by atoms with Gasteiger partial charge < -0.3 is 16.0 Å². The molecular formula is C9H20ClN3O.